The summed E-state index contributed by atoms with van der Waals surface area (Å²) in [5.41, 5.74) is 3.86. The van der Waals surface area contributed by atoms with Gasteiger partial charge >= 0.3 is 0 Å². The molecule has 0 bridgehead atoms. The Balaban J connectivity index is 0. The zero-order valence-electron chi connectivity index (χ0n) is 5.26. The van der Waals surface area contributed by atoms with Gasteiger partial charge < -0.3 is 17.0 Å². The Kier molecular flexibility index (Phi) is 8.31. The molecule has 0 saturated heterocycles. The van der Waals surface area contributed by atoms with Crippen molar-refractivity contribution in [2.75, 3.05) is 0 Å². The fourth-order valence-corrected chi connectivity index (χ4v) is 0.394. The maximum atomic E-state index is 3.92. The molecule has 0 saturated carbocycles. The van der Waals surface area contributed by atoms with Crippen molar-refractivity contribution in [3.63, 3.8) is 0 Å². The summed E-state index contributed by atoms with van der Waals surface area (Å²) in [6.45, 7) is 1.95. The predicted octanol–water partition coefficient (Wildman–Crippen LogP) is -1.82. The second-order valence-corrected chi connectivity index (χ2v) is 1.40. The molecule has 0 aliphatic carbocycles. The minimum Gasteiger partial charge on any atom is -1.00 e. The van der Waals surface area contributed by atoms with Gasteiger partial charge in [0.1, 0.15) is 0 Å². The smallest absolute Gasteiger partial charge is 0.0689 e. The van der Waals surface area contributed by atoms with Crippen molar-refractivity contribution in [2.24, 2.45) is 0 Å². The number of rotatable bonds is 0. The summed E-state index contributed by atoms with van der Waals surface area (Å²) in [5, 5.41) is 3.92. The first kappa shape index (κ1) is 11.9. The molecule has 0 aromatic rings. The van der Waals surface area contributed by atoms with Crippen LogP contribution in [0, 0.1) is 0 Å². The van der Waals surface area contributed by atoms with E-state index in [1.54, 1.807) is 6.20 Å². The molecule has 0 amide bonds. The molecule has 0 N–H and O–H groups in total. The summed E-state index contributed by atoms with van der Waals surface area (Å²) in [5.74, 6) is 0. The van der Waals surface area contributed by atoms with Crippen LogP contribution in [0.15, 0.2) is 29.8 Å². The third-order valence-corrected chi connectivity index (χ3v) is 0.763. The molecule has 45 valence electrons. The van der Waals surface area contributed by atoms with Crippen molar-refractivity contribution in [3.8, 4) is 0 Å². The number of allylic oxidation sites excluding steroid dienone is 3. The van der Waals surface area contributed by atoms with Gasteiger partial charge in [0.15, 0.2) is 0 Å². The minimum absolute atomic E-state index is 0. The average Bonchev–Trinajstić information content (AvgIpc) is 1.69. The predicted molar refractivity (Wildman–Crippen MR) is 28.5 cm³/mol. The van der Waals surface area contributed by atoms with Crippen LogP contribution in [0.3, 0.4) is 0 Å². The molecular weight excluding hydrogens is 231 g/mol. The van der Waals surface area contributed by atoms with Crippen LogP contribution in [0.5, 0.6) is 0 Å². The van der Waals surface area contributed by atoms with Crippen molar-refractivity contribution in [1.82, 2.24) is 5.32 Å². The van der Waals surface area contributed by atoms with Crippen LogP contribution in [-0.2, 0) is 19.5 Å². The Morgan fingerprint density at radius 3 is 2.44 bits per heavy atom. The Labute approximate surface area is 78.4 Å². The average molecular weight is 237 g/mol. The molecule has 0 aromatic carbocycles. The van der Waals surface area contributed by atoms with Crippen LogP contribution in [0.25, 0.3) is 0 Å². The maximum Gasteiger partial charge on any atom is 0.0689 e. The van der Waals surface area contributed by atoms with Crippen molar-refractivity contribution >= 4 is 0 Å². The van der Waals surface area contributed by atoms with E-state index in [1.807, 2.05) is 19.1 Å². The van der Waals surface area contributed by atoms with E-state index < -0.39 is 0 Å². The fraction of sp³-hybridized carbons (Fsp3) is 0.167. The zero-order valence-corrected chi connectivity index (χ0v) is 9.82. The zero-order chi connectivity index (χ0) is 5.11. The first-order valence-corrected chi connectivity index (χ1v) is 2.18. The summed E-state index contributed by atoms with van der Waals surface area (Å²) in [6.07, 6.45) is 5.43. The van der Waals surface area contributed by atoms with E-state index in [-0.39, 0.29) is 36.5 Å². The summed E-state index contributed by atoms with van der Waals surface area (Å²) >= 11 is 0. The topological polar surface area (TPSA) is 14.1 Å². The number of hydrogen-bond donors (Lipinski definition) is 0. The van der Waals surface area contributed by atoms with E-state index in [0.29, 0.717) is 0 Å². The molecule has 0 aromatic heterocycles. The third kappa shape index (κ3) is 4.65. The van der Waals surface area contributed by atoms with Gasteiger partial charge in [-0.25, -0.2) is 0 Å². The van der Waals surface area contributed by atoms with Gasteiger partial charge in [-0.1, -0.05) is 0 Å². The molecule has 0 fully saturated rings. The first-order chi connectivity index (χ1) is 3.39. The molecule has 1 nitrogen and oxygen atoms in total. The molecule has 0 atom stereocenters. The van der Waals surface area contributed by atoms with Crippen LogP contribution in [0.4, 0.5) is 0 Å². The van der Waals surface area contributed by atoms with Crippen molar-refractivity contribution < 1.29 is 36.5 Å². The van der Waals surface area contributed by atoms with Gasteiger partial charge in [-0.3, -0.25) is 5.32 Å². The van der Waals surface area contributed by atoms with Crippen molar-refractivity contribution in [3.05, 3.63) is 29.8 Å². The second-order valence-electron chi connectivity index (χ2n) is 1.40. The third-order valence-electron chi connectivity index (χ3n) is 0.763. The van der Waals surface area contributed by atoms with Crippen LogP contribution in [-0.4, -0.2) is 0 Å². The molecule has 3 heteroatoms. The van der Waals surface area contributed by atoms with E-state index in [1.165, 1.54) is 0 Å². The maximum absolute atomic E-state index is 3.92. The van der Waals surface area contributed by atoms with Crippen LogP contribution >= 0.6 is 0 Å². The minimum atomic E-state index is 0. The van der Waals surface area contributed by atoms with E-state index in [0.717, 1.165) is 5.70 Å². The first-order valence-electron chi connectivity index (χ1n) is 2.18. The summed E-state index contributed by atoms with van der Waals surface area (Å²) in [7, 11) is 0. The van der Waals surface area contributed by atoms with Gasteiger partial charge in [0.25, 0.3) is 0 Å². The molecule has 9 heavy (non-hydrogen) atoms. The molecule has 0 unspecified atom stereocenters. The largest absolute Gasteiger partial charge is 1.00 e. The van der Waals surface area contributed by atoms with E-state index in [4.69, 9.17) is 0 Å². The van der Waals surface area contributed by atoms with Crippen LogP contribution in [0.1, 0.15) is 6.92 Å². The molecule has 1 aliphatic heterocycles. The Bertz CT molecular complexity index is 156. The fourth-order valence-electron chi connectivity index (χ4n) is 0.394. The number of hydrogen-bond acceptors (Lipinski definition) is 0. The van der Waals surface area contributed by atoms with Gasteiger partial charge in [0.2, 0.25) is 0 Å². The second kappa shape index (κ2) is 6.29. The molecule has 1 aliphatic rings. The SMILES string of the molecule is CC1=CC=C=C[N]1.[Br-].[Zn]. The quantitative estimate of drug-likeness (QED) is 0.348. The van der Waals surface area contributed by atoms with Gasteiger partial charge in [-0.05, 0) is 19.1 Å². The summed E-state index contributed by atoms with van der Waals surface area (Å²) < 4.78 is 0. The molecule has 1 radical (unpaired) electrons. The normalized spacial score (nSPS) is 12.3. The van der Waals surface area contributed by atoms with Gasteiger partial charge in [-0.2, -0.15) is 0 Å². The van der Waals surface area contributed by atoms with E-state index >= 15 is 0 Å². The Hall–Kier alpha value is 0.163. The molecule has 0 spiro atoms. The van der Waals surface area contributed by atoms with Crippen LogP contribution in [0.2, 0.25) is 0 Å². The van der Waals surface area contributed by atoms with Gasteiger partial charge in [0, 0.05) is 25.2 Å². The number of nitrogens with zero attached hydrogens (tertiary/aromatic N) is 1. The standard InChI is InChI=1S/C6H6N.BrH.Zn/c1-6-4-2-3-5-7-6;;/h2,4-5H,1H3;1H;/p-1. The van der Waals surface area contributed by atoms with Crippen LogP contribution < -0.4 is 22.3 Å². The van der Waals surface area contributed by atoms with Crippen molar-refractivity contribution in [2.45, 2.75) is 6.92 Å². The van der Waals surface area contributed by atoms with Gasteiger partial charge in [-0.15, -0.1) is 5.73 Å². The molecule has 1 heterocycles. The molecule has 1 rings (SSSR count). The summed E-state index contributed by atoms with van der Waals surface area (Å²) in [6, 6.07) is 0. The molecular formula is C6H6BrNZn-. The Morgan fingerprint density at radius 1 is 1.56 bits per heavy atom. The monoisotopic (exact) mass is 235 g/mol. The summed E-state index contributed by atoms with van der Waals surface area (Å²) in [4.78, 5) is 0. The number of halogens is 1. The Morgan fingerprint density at radius 2 is 2.22 bits per heavy atom. The van der Waals surface area contributed by atoms with E-state index in [9.17, 15) is 0 Å². The van der Waals surface area contributed by atoms with Crippen molar-refractivity contribution in [1.29, 1.82) is 0 Å². The van der Waals surface area contributed by atoms with Gasteiger partial charge in [0.05, 0.1) is 6.20 Å². The van der Waals surface area contributed by atoms with E-state index in [2.05, 4.69) is 11.0 Å².